The van der Waals surface area contributed by atoms with Gasteiger partial charge in [-0.2, -0.15) is 0 Å². The summed E-state index contributed by atoms with van der Waals surface area (Å²) < 4.78 is 0. The second kappa shape index (κ2) is 6.48. The maximum absolute atomic E-state index is 12.4. The van der Waals surface area contributed by atoms with Crippen molar-refractivity contribution in [3.8, 4) is 0 Å². The maximum atomic E-state index is 12.4. The zero-order valence-corrected chi connectivity index (χ0v) is 12.6. The average molecular weight is 287 g/mol. The molecule has 4 nitrogen and oxygen atoms in total. The number of hydrogen-bond donors (Lipinski definition) is 1. The van der Waals surface area contributed by atoms with Crippen LogP contribution in [0.4, 0.5) is 5.69 Å². The van der Waals surface area contributed by atoms with E-state index in [1.54, 1.807) is 12.1 Å². The van der Waals surface area contributed by atoms with Crippen LogP contribution < -0.4 is 5.73 Å². The largest absolute Gasteiger partial charge is 0.399 e. The van der Waals surface area contributed by atoms with Crippen molar-refractivity contribution in [3.05, 3.63) is 29.8 Å². The number of carbonyl (C=O) groups excluding carboxylic acids is 1. The van der Waals surface area contributed by atoms with Crippen LogP contribution in [-0.2, 0) is 0 Å². The Morgan fingerprint density at radius 2 is 1.67 bits per heavy atom. The zero-order valence-electron chi connectivity index (χ0n) is 12.6. The van der Waals surface area contributed by atoms with Gasteiger partial charge in [-0.1, -0.05) is 0 Å². The van der Waals surface area contributed by atoms with Gasteiger partial charge in [0.2, 0.25) is 0 Å². The molecule has 2 saturated heterocycles. The molecule has 0 spiro atoms. The zero-order chi connectivity index (χ0) is 14.7. The van der Waals surface area contributed by atoms with Gasteiger partial charge in [-0.25, -0.2) is 0 Å². The van der Waals surface area contributed by atoms with Gasteiger partial charge in [-0.3, -0.25) is 4.79 Å². The van der Waals surface area contributed by atoms with Gasteiger partial charge in [-0.15, -0.1) is 0 Å². The number of hydrogen-bond acceptors (Lipinski definition) is 3. The molecule has 2 heterocycles. The van der Waals surface area contributed by atoms with Gasteiger partial charge >= 0.3 is 0 Å². The van der Waals surface area contributed by atoms with E-state index in [-0.39, 0.29) is 5.91 Å². The number of anilines is 1. The van der Waals surface area contributed by atoms with Crippen molar-refractivity contribution in [3.63, 3.8) is 0 Å². The van der Waals surface area contributed by atoms with Crippen LogP contribution in [0.1, 0.15) is 36.0 Å². The second-order valence-corrected chi connectivity index (χ2v) is 6.37. The average Bonchev–Trinajstić information content (AvgIpc) is 3.01. The highest BCUT2D eigenvalue weighted by Crippen LogP contribution is 2.22. The molecule has 4 heteroatoms. The van der Waals surface area contributed by atoms with Gasteiger partial charge in [0.15, 0.2) is 0 Å². The third-order valence-electron chi connectivity index (χ3n) is 4.77. The van der Waals surface area contributed by atoms with E-state index >= 15 is 0 Å². The van der Waals surface area contributed by atoms with Gasteiger partial charge in [0.05, 0.1) is 0 Å². The van der Waals surface area contributed by atoms with E-state index in [0.29, 0.717) is 5.69 Å². The minimum atomic E-state index is 0.148. The molecule has 0 aliphatic carbocycles. The molecule has 2 N–H and O–H groups in total. The van der Waals surface area contributed by atoms with Crippen LogP contribution in [0, 0.1) is 5.92 Å². The number of amides is 1. The van der Waals surface area contributed by atoms with Crippen LogP contribution in [0.3, 0.4) is 0 Å². The lowest BCUT2D eigenvalue weighted by Crippen LogP contribution is -2.41. The van der Waals surface area contributed by atoms with Crippen LogP contribution in [-0.4, -0.2) is 48.4 Å². The SMILES string of the molecule is Nc1ccc(C(=O)N2CCC(CN3CCCC3)CC2)cc1. The monoisotopic (exact) mass is 287 g/mol. The maximum Gasteiger partial charge on any atom is 0.253 e. The Kier molecular flexibility index (Phi) is 4.44. The minimum absolute atomic E-state index is 0.148. The van der Waals surface area contributed by atoms with Crippen molar-refractivity contribution in [1.29, 1.82) is 0 Å². The Hall–Kier alpha value is -1.55. The van der Waals surface area contributed by atoms with Crippen LogP contribution >= 0.6 is 0 Å². The molecule has 0 saturated carbocycles. The lowest BCUT2D eigenvalue weighted by Gasteiger charge is -2.34. The van der Waals surface area contributed by atoms with Gasteiger partial charge < -0.3 is 15.5 Å². The third-order valence-corrected chi connectivity index (χ3v) is 4.77. The van der Waals surface area contributed by atoms with Crippen molar-refractivity contribution in [2.45, 2.75) is 25.7 Å². The first kappa shape index (κ1) is 14.4. The summed E-state index contributed by atoms with van der Waals surface area (Å²) in [7, 11) is 0. The molecule has 0 atom stereocenters. The van der Waals surface area contributed by atoms with Crippen molar-refractivity contribution >= 4 is 11.6 Å². The number of likely N-dealkylation sites (tertiary alicyclic amines) is 2. The lowest BCUT2D eigenvalue weighted by atomic mass is 9.95. The fraction of sp³-hybridized carbons (Fsp3) is 0.588. The predicted molar refractivity (Wildman–Crippen MR) is 85.2 cm³/mol. The van der Waals surface area contributed by atoms with Crippen LogP contribution in [0.25, 0.3) is 0 Å². The topological polar surface area (TPSA) is 49.6 Å². The normalized spacial score (nSPS) is 20.9. The summed E-state index contributed by atoms with van der Waals surface area (Å²) in [4.78, 5) is 17.0. The Bertz CT molecular complexity index is 471. The Morgan fingerprint density at radius 3 is 2.29 bits per heavy atom. The van der Waals surface area contributed by atoms with E-state index in [4.69, 9.17) is 5.73 Å². The molecule has 1 aromatic carbocycles. The minimum Gasteiger partial charge on any atom is -0.399 e. The highest BCUT2D eigenvalue weighted by molar-refractivity contribution is 5.94. The van der Waals surface area contributed by atoms with Crippen molar-refractivity contribution in [1.82, 2.24) is 9.80 Å². The van der Waals surface area contributed by atoms with Gasteiger partial charge in [0, 0.05) is 30.9 Å². The smallest absolute Gasteiger partial charge is 0.253 e. The van der Waals surface area contributed by atoms with Gasteiger partial charge in [0.1, 0.15) is 0 Å². The number of nitrogen functional groups attached to an aromatic ring is 1. The molecule has 2 fully saturated rings. The Labute approximate surface area is 126 Å². The van der Waals surface area contributed by atoms with Gasteiger partial charge in [0.25, 0.3) is 5.91 Å². The molecule has 1 aromatic rings. The number of nitrogens with two attached hydrogens (primary N) is 1. The van der Waals surface area contributed by atoms with Crippen LogP contribution in [0.5, 0.6) is 0 Å². The number of nitrogens with zero attached hydrogens (tertiary/aromatic N) is 2. The number of rotatable bonds is 3. The highest BCUT2D eigenvalue weighted by Gasteiger charge is 2.25. The molecule has 21 heavy (non-hydrogen) atoms. The van der Waals surface area contributed by atoms with Crippen molar-refractivity contribution in [2.24, 2.45) is 5.92 Å². The molecule has 114 valence electrons. The third kappa shape index (κ3) is 3.56. The predicted octanol–water partition coefficient (Wildman–Crippen LogP) is 2.22. The molecule has 0 aromatic heterocycles. The van der Waals surface area contributed by atoms with E-state index in [9.17, 15) is 4.79 Å². The summed E-state index contributed by atoms with van der Waals surface area (Å²) in [5.74, 6) is 0.910. The fourth-order valence-corrected chi connectivity index (χ4v) is 3.46. The van der Waals surface area contributed by atoms with Gasteiger partial charge in [-0.05, 0) is 69.0 Å². The van der Waals surface area contributed by atoms with Crippen LogP contribution in [0.2, 0.25) is 0 Å². The quantitative estimate of drug-likeness (QED) is 0.867. The van der Waals surface area contributed by atoms with E-state index in [1.807, 2.05) is 17.0 Å². The molecule has 3 rings (SSSR count). The first-order valence-corrected chi connectivity index (χ1v) is 8.09. The van der Waals surface area contributed by atoms with E-state index in [0.717, 1.165) is 37.4 Å². The molecular weight excluding hydrogens is 262 g/mol. The number of piperidine rings is 1. The lowest BCUT2D eigenvalue weighted by molar-refractivity contribution is 0.0673. The van der Waals surface area contributed by atoms with E-state index in [1.165, 1.54) is 32.5 Å². The van der Waals surface area contributed by atoms with E-state index < -0.39 is 0 Å². The summed E-state index contributed by atoms with van der Waals surface area (Å²) in [5.41, 5.74) is 7.13. The molecular formula is C17H25N3O. The summed E-state index contributed by atoms with van der Waals surface area (Å²) in [5, 5.41) is 0. The summed E-state index contributed by atoms with van der Waals surface area (Å²) in [6.45, 7) is 5.54. The number of benzene rings is 1. The Morgan fingerprint density at radius 1 is 1.05 bits per heavy atom. The summed E-state index contributed by atoms with van der Waals surface area (Å²) >= 11 is 0. The molecule has 1 amide bonds. The van der Waals surface area contributed by atoms with Crippen molar-refractivity contribution in [2.75, 3.05) is 38.5 Å². The Balaban J connectivity index is 1.50. The number of carbonyl (C=O) groups is 1. The highest BCUT2D eigenvalue weighted by atomic mass is 16.2. The molecule has 2 aliphatic heterocycles. The molecule has 0 radical (unpaired) electrons. The van der Waals surface area contributed by atoms with E-state index in [2.05, 4.69) is 4.90 Å². The summed E-state index contributed by atoms with van der Waals surface area (Å²) in [6.07, 6.45) is 4.98. The molecule has 2 aliphatic rings. The van der Waals surface area contributed by atoms with Crippen LogP contribution in [0.15, 0.2) is 24.3 Å². The second-order valence-electron chi connectivity index (χ2n) is 6.37. The summed E-state index contributed by atoms with van der Waals surface area (Å²) in [6, 6.07) is 7.25. The van der Waals surface area contributed by atoms with Crippen molar-refractivity contribution < 1.29 is 4.79 Å². The fourth-order valence-electron chi connectivity index (χ4n) is 3.46. The first-order chi connectivity index (χ1) is 10.2. The molecule has 0 bridgehead atoms. The standard InChI is InChI=1S/C17H25N3O/c18-16-5-3-15(4-6-16)17(21)20-11-7-14(8-12-20)13-19-9-1-2-10-19/h3-6,14H,1-2,7-13,18H2. The molecule has 0 unspecified atom stereocenters. The first-order valence-electron chi connectivity index (χ1n) is 8.09.